The Morgan fingerprint density at radius 3 is 2.75 bits per heavy atom. The number of pyridine rings is 1. The molecular formula is C21H25N3O4. The highest BCUT2D eigenvalue weighted by atomic mass is 16.5. The number of morpholine rings is 1. The number of hydrogen-bond acceptors (Lipinski definition) is 5. The van der Waals surface area contributed by atoms with Crippen molar-refractivity contribution >= 4 is 22.7 Å². The van der Waals surface area contributed by atoms with Crippen LogP contribution in [0, 0.1) is 0 Å². The first kappa shape index (κ1) is 18.8. The zero-order chi connectivity index (χ0) is 19.5. The van der Waals surface area contributed by atoms with Crippen LogP contribution in [0.25, 0.3) is 10.9 Å². The van der Waals surface area contributed by atoms with E-state index in [2.05, 4.69) is 0 Å². The number of amides is 2. The Balaban J connectivity index is 1.65. The van der Waals surface area contributed by atoms with Gasteiger partial charge >= 0.3 is 0 Å². The van der Waals surface area contributed by atoms with Crippen molar-refractivity contribution in [2.24, 2.45) is 0 Å². The fourth-order valence-corrected chi connectivity index (χ4v) is 3.96. The van der Waals surface area contributed by atoms with Crippen molar-refractivity contribution in [3.05, 3.63) is 41.6 Å². The summed E-state index contributed by atoms with van der Waals surface area (Å²) in [5, 5.41) is 0.869. The first-order valence-electron chi connectivity index (χ1n) is 9.71. The molecule has 0 unspecified atom stereocenters. The van der Waals surface area contributed by atoms with Crippen LogP contribution < -0.4 is 0 Å². The number of hydrogen-bond donors (Lipinski definition) is 0. The first-order valence-corrected chi connectivity index (χ1v) is 9.71. The van der Waals surface area contributed by atoms with Crippen molar-refractivity contribution in [2.45, 2.75) is 12.3 Å². The molecule has 4 rings (SSSR count). The van der Waals surface area contributed by atoms with Crippen molar-refractivity contribution < 1.29 is 19.1 Å². The molecule has 2 aliphatic heterocycles. The monoisotopic (exact) mass is 383 g/mol. The molecule has 0 saturated carbocycles. The zero-order valence-corrected chi connectivity index (χ0v) is 16.1. The van der Waals surface area contributed by atoms with Crippen LogP contribution in [0.1, 0.15) is 28.4 Å². The molecule has 0 spiro atoms. The summed E-state index contributed by atoms with van der Waals surface area (Å²) in [5.74, 6) is 0.144. The maximum absolute atomic E-state index is 13.2. The molecule has 0 radical (unpaired) electrons. The summed E-state index contributed by atoms with van der Waals surface area (Å²) in [6.45, 7) is 3.74. The van der Waals surface area contributed by atoms with E-state index in [9.17, 15) is 9.59 Å². The van der Waals surface area contributed by atoms with E-state index in [-0.39, 0.29) is 24.3 Å². The molecule has 3 heterocycles. The van der Waals surface area contributed by atoms with Gasteiger partial charge in [-0.05, 0) is 18.6 Å². The van der Waals surface area contributed by atoms with Crippen LogP contribution in [-0.4, -0.2) is 79.7 Å². The fraction of sp³-hybridized carbons (Fsp3) is 0.476. The van der Waals surface area contributed by atoms with Crippen LogP contribution >= 0.6 is 0 Å². The first-order chi connectivity index (χ1) is 13.7. The molecule has 2 saturated heterocycles. The van der Waals surface area contributed by atoms with Crippen LogP contribution in [0.5, 0.6) is 0 Å². The van der Waals surface area contributed by atoms with E-state index in [1.807, 2.05) is 40.1 Å². The second-order valence-electron chi connectivity index (χ2n) is 7.27. The van der Waals surface area contributed by atoms with E-state index in [1.54, 1.807) is 0 Å². The van der Waals surface area contributed by atoms with Gasteiger partial charge in [0.1, 0.15) is 6.61 Å². The number of methoxy groups -OCH3 is 1. The highest BCUT2D eigenvalue weighted by Gasteiger charge is 2.30. The van der Waals surface area contributed by atoms with Gasteiger partial charge in [0.2, 0.25) is 5.91 Å². The minimum atomic E-state index is -0.00425. The number of para-hydroxylation sites is 1. The third-order valence-corrected chi connectivity index (χ3v) is 5.49. The molecule has 2 fully saturated rings. The summed E-state index contributed by atoms with van der Waals surface area (Å²) in [7, 11) is 1.53. The Kier molecular flexibility index (Phi) is 5.54. The van der Waals surface area contributed by atoms with E-state index >= 15 is 0 Å². The van der Waals surface area contributed by atoms with Crippen molar-refractivity contribution in [3.63, 3.8) is 0 Å². The van der Waals surface area contributed by atoms with Gasteiger partial charge in [-0.15, -0.1) is 0 Å². The van der Waals surface area contributed by atoms with E-state index in [0.29, 0.717) is 45.0 Å². The molecule has 28 heavy (non-hydrogen) atoms. The number of nitrogens with zero attached hydrogens (tertiary/aromatic N) is 3. The van der Waals surface area contributed by atoms with Crippen molar-refractivity contribution in [3.8, 4) is 0 Å². The lowest BCUT2D eigenvalue weighted by molar-refractivity contribution is -0.134. The minimum Gasteiger partial charge on any atom is -0.378 e. The number of fused-ring (bicyclic) bond motifs is 1. The van der Waals surface area contributed by atoms with Crippen molar-refractivity contribution in [1.82, 2.24) is 14.8 Å². The van der Waals surface area contributed by atoms with Crippen LogP contribution in [0.4, 0.5) is 0 Å². The molecule has 0 aliphatic carbocycles. The van der Waals surface area contributed by atoms with E-state index in [4.69, 9.17) is 14.5 Å². The largest absolute Gasteiger partial charge is 0.378 e. The van der Waals surface area contributed by atoms with E-state index in [1.165, 1.54) is 7.11 Å². The van der Waals surface area contributed by atoms with Gasteiger partial charge in [0.15, 0.2) is 0 Å². The van der Waals surface area contributed by atoms with Gasteiger partial charge in [-0.1, -0.05) is 18.2 Å². The molecule has 0 N–H and O–H groups in total. The quantitative estimate of drug-likeness (QED) is 0.803. The summed E-state index contributed by atoms with van der Waals surface area (Å²) in [6, 6.07) is 9.68. The number of carbonyl (C=O) groups is 2. The Hall–Kier alpha value is -2.51. The minimum absolute atomic E-state index is 0.00425. The number of benzene rings is 1. The summed E-state index contributed by atoms with van der Waals surface area (Å²) in [5.41, 5.74) is 2.38. The van der Waals surface area contributed by atoms with Crippen LogP contribution in [0.2, 0.25) is 0 Å². The third-order valence-electron chi connectivity index (χ3n) is 5.49. The molecule has 2 aliphatic rings. The van der Waals surface area contributed by atoms with E-state index in [0.717, 1.165) is 23.0 Å². The van der Waals surface area contributed by atoms with Gasteiger partial charge in [-0.2, -0.15) is 0 Å². The molecule has 1 aromatic carbocycles. The van der Waals surface area contributed by atoms with Crippen LogP contribution in [0.3, 0.4) is 0 Å². The SMILES string of the molecule is COCC(=O)N1CC[C@H](c2cc(C(=O)N3CCOCC3)c3ccccc3n2)C1. The van der Waals surface area contributed by atoms with Gasteiger partial charge in [0.25, 0.3) is 5.91 Å². The molecular weight excluding hydrogens is 358 g/mol. The van der Waals surface area contributed by atoms with Gasteiger partial charge in [0, 0.05) is 50.3 Å². The lowest BCUT2D eigenvalue weighted by Crippen LogP contribution is -2.40. The molecule has 2 aromatic rings. The topological polar surface area (TPSA) is 72.0 Å². The van der Waals surface area contributed by atoms with Crippen molar-refractivity contribution in [1.29, 1.82) is 0 Å². The third kappa shape index (κ3) is 3.72. The Bertz CT molecular complexity index is 879. The Morgan fingerprint density at radius 1 is 1.18 bits per heavy atom. The van der Waals surface area contributed by atoms with E-state index < -0.39 is 0 Å². The normalized spacial score (nSPS) is 20.0. The molecule has 2 amide bonds. The van der Waals surface area contributed by atoms with Gasteiger partial charge in [-0.3, -0.25) is 14.6 Å². The Labute approximate surface area is 164 Å². The Morgan fingerprint density at radius 2 is 1.96 bits per heavy atom. The number of ether oxygens (including phenoxy) is 2. The number of rotatable bonds is 4. The summed E-state index contributed by atoms with van der Waals surface area (Å²) in [6.07, 6.45) is 0.839. The highest BCUT2D eigenvalue weighted by Crippen LogP contribution is 2.30. The molecule has 0 bridgehead atoms. The summed E-state index contributed by atoms with van der Waals surface area (Å²) in [4.78, 5) is 33.8. The molecule has 7 nitrogen and oxygen atoms in total. The zero-order valence-electron chi connectivity index (χ0n) is 16.1. The number of carbonyl (C=O) groups excluding carboxylic acids is 2. The molecule has 148 valence electrons. The molecule has 1 aromatic heterocycles. The van der Waals surface area contributed by atoms with Gasteiger partial charge in [0.05, 0.1) is 24.3 Å². The highest BCUT2D eigenvalue weighted by molar-refractivity contribution is 6.06. The lowest BCUT2D eigenvalue weighted by Gasteiger charge is -2.27. The lowest BCUT2D eigenvalue weighted by atomic mass is 9.99. The van der Waals surface area contributed by atoms with Gasteiger partial charge in [-0.25, -0.2) is 0 Å². The fourth-order valence-electron chi connectivity index (χ4n) is 3.96. The van der Waals surface area contributed by atoms with Crippen molar-refractivity contribution in [2.75, 3.05) is 53.1 Å². The average Bonchev–Trinajstić information content (AvgIpc) is 3.24. The maximum atomic E-state index is 13.2. The second kappa shape index (κ2) is 8.24. The van der Waals surface area contributed by atoms with Gasteiger partial charge < -0.3 is 19.3 Å². The van der Waals surface area contributed by atoms with Crippen LogP contribution in [-0.2, 0) is 14.3 Å². The second-order valence-corrected chi connectivity index (χ2v) is 7.27. The number of aromatic nitrogens is 1. The predicted molar refractivity (Wildman–Crippen MR) is 104 cm³/mol. The maximum Gasteiger partial charge on any atom is 0.254 e. The molecule has 7 heteroatoms. The summed E-state index contributed by atoms with van der Waals surface area (Å²) < 4.78 is 10.3. The molecule has 1 atom stereocenters. The van der Waals surface area contributed by atoms with Crippen LogP contribution in [0.15, 0.2) is 30.3 Å². The standard InChI is InChI=1S/C21H25N3O4/c1-27-14-20(25)24-7-6-15(13-24)19-12-17(16-4-2-3-5-18(16)22-19)21(26)23-8-10-28-11-9-23/h2-5,12,15H,6-11,13-14H2,1H3/t15-/m0/s1. The number of likely N-dealkylation sites (tertiary alicyclic amines) is 1. The smallest absolute Gasteiger partial charge is 0.254 e. The average molecular weight is 383 g/mol. The summed E-state index contributed by atoms with van der Waals surface area (Å²) >= 11 is 0. The predicted octanol–water partition coefficient (Wildman–Crippen LogP) is 1.67.